The van der Waals surface area contributed by atoms with Crippen molar-refractivity contribution >= 4 is 21.7 Å². The Balaban J connectivity index is 4.80. The number of nitrogens with zero attached hydrogens (tertiary/aromatic N) is 1. The van der Waals surface area contributed by atoms with Crippen LogP contribution in [0, 0.1) is 0 Å². The maximum Gasteiger partial charge on any atom is 0.406 e. The molecule has 0 fully saturated rings. The van der Waals surface area contributed by atoms with E-state index in [1.165, 1.54) is 0 Å². The number of carboxylic acids is 1. The average Bonchev–Trinajstić information content (AvgIpc) is 2.20. The number of sulfone groups is 1. The summed E-state index contributed by atoms with van der Waals surface area (Å²) in [7, 11) is -3.43. The number of hydrogen-bond acceptors (Lipinski definition) is 5. The van der Waals surface area contributed by atoms with E-state index in [0.29, 0.717) is 0 Å². The molecule has 20 heavy (non-hydrogen) atoms. The van der Waals surface area contributed by atoms with Gasteiger partial charge in [0.15, 0.2) is 0 Å². The second kappa shape index (κ2) is 6.88. The topological polar surface area (TPSA) is 118 Å². The molecular weight excluding hydrogens is 305 g/mol. The normalized spacial score (nSPS) is 13.8. The lowest BCUT2D eigenvalue weighted by molar-refractivity contribution is -0.166. The minimum absolute atomic E-state index is 0.0370. The summed E-state index contributed by atoms with van der Waals surface area (Å²) in [6.45, 7) is -2.92. The van der Waals surface area contributed by atoms with Gasteiger partial charge < -0.3 is 15.7 Å². The molecule has 1 unspecified atom stereocenters. The predicted molar refractivity (Wildman–Crippen MR) is 62.6 cm³/mol. The summed E-state index contributed by atoms with van der Waals surface area (Å²) in [6, 6.07) is -1.51. The molecule has 0 aromatic carbocycles. The largest absolute Gasteiger partial charge is 0.480 e. The fourth-order valence-electron chi connectivity index (χ4n) is 1.29. The number of carbonyl (C=O) groups excluding carboxylic acids is 1. The fourth-order valence-corrected chi connectivity index (χ4v) is 1.97. The van der Waals surface area contributed by atoms with Crippen LogP contribution in [0.1, 0.15) is 6.42 Å². The van der Waals surface area contributed by atoms with Gasteiger partial charge in [-0.15, -0.1) is 0 Å². The number of carboxylic acid groups (broad SMARTS) is 1. The monoisotopic (exact) mass is 320 g/mol. The second-order valence-corrected chi connectivity index (χ2v) is 6.49. The summed E-state index contributed by atoms with van der Waals surface area (Å²) in [5.41, 5.74) is 5.30. The van der Waals surface area contributed by atoms with Crippen LogP contribution in [0.15, 0.2) is 0 Å². The minimum Gasteiger partial charge on any atom is -0.480 e. The van der Waals surface area contributed by atoms with Gasteiger partial charge in [-0.3, -0.25) is 9.59 Å². The molecule has 0 aliphatic heterocycles. The molecule has 0 saturated heterocycles. The van der Waals surface area contributed by atoms with Gasteiger partial charge in [0.2, 0.25) is 5.91 Å². The first-order valence-electron chi connectivity index (χ1n) is 5.32. The van der Waals surface area contributed by atoms with Gasteiger partial charge in [0.25, 0.3) is 0 Å². The van der Waals surface area contributed by atoms with Gasteiger partial charge in [-0.2, -0.15) is 13.2 Å². The summed E-state index contributed by atoms with van der Waals surface area (Å²) in [6.07, 6.45) is -4.28. The highest BCUT2D eigenvalue weighted by atomic mass is 32.2. The molecular formula is C9H15F3N2O5S. The van der Waals surface area contributed by atoms with Crippen LogP contribution < -0.4 is 5.73 Å². The standard InChI is InChI=1S/C9H15F3N2O5S/c1-20(18,19)3-2-6(13)8(17)14(4-7(15)16)5-9(10,11)12/h6H,2-5,13H2,1H3,(H,15,16). The fraction of sp³-hybridized carbons (Fsp3) is 0.778. The van der Waals surface area contributed by atoms with E-state index in [9.17, 15) is 31.2 Å². The van der Waals surface area contributed by atoms with E-state index in [0.717, 1.165) is 6.26 Å². The molecule has 3 N–H and O–H groups in total. The molecule has 11 heteroatoms. The van der Waals surface area contributed by atoms with Crippen molar-refractivity contribution in [3.05, 3.63) is 0 Å². The van der Waals surface area contributed by atoms with Crippen LogP contribution in [-0.2, 0) is 19.4 Å². The molecule has 0 radical (unpaired) electrons. The molecule has 0 rings (SSSR count). The molecule has 0 aromatic heterocycles. The van der Waals surface area contributed by atoms with Crippen LogP contribution in [0.2, 0.25) is 0 Å². The maximum atomic E-state index is 12.2. The number of alkyl halides is 3. The summed E-state index contributed by atoms with van der Waals surface area (Å²) >= 11 is 0. The zero-order valence-corrected chi connectivity index (χ0v) is 11.4. The number of halogens is 3. The van der Waals surface area contributed by atoms with E-state index in [-0.39, 0.29) is 11.3 Å². The predicted octanol–water partition coefficient (Wildman–Crippen LogP) is -0.776. The zero-order chi connectivity index (χ0) is 16.1. The van der Waals surface area contributed by atoms with Crippen LogP contribution in [0.4, 0.5) is 13.2 Å². The Labute approximate surface area is 113 Å². The molecule has 0 bridgehead atoms. The molecule has 0 saturated carbocycles. The summed E-state index contributed by atoms with van der Waals surface area (Å²) in [5, 5.41) is 8.47. The van der Waals surface area contributed by atoms with E-state index in [2.05, 4.69) is 0 Å². The van der Waals surface area contributed by atoms with E-state index < -0.39 is 52.8 Å². The molecule has 0 spiro atoms. The van der Waals surface area contributed by atoms with Crippen LogP contribution in [-0.4, -0.2) is 67.6 Å². The molecule has 0 aromatic rings. The lowest BCUT2D eigenvalue weighted by Crippen LogP contribution is -2.49. The van der Waals surface area contributed by atoms with Crippen molar-refractivity contribution in [1.82, 2.24) is 4.90 Å². The van der Waals surface area contributed by atoms with E-state index in [1.807, 2.05) is 0 Å². The number of nitrogens with two attached hydrogens (primary N) is 1. The lowest BCUT2D eigenvalue weighted by Gasteiger charge is -2.25. The van der Waals surface area contributed by atoms with Crippen LogP contribution in [0.25, 0.3) is 0 Å². The summed E-state index contributed by atoms with van der Waals surface area (Å²) in [4.78, 5) is 22.1. The highest BCUT2D eigenvalue weighted by Crippen LogP contribution is 2.17. The summed E-state index contributed by atoms with van der Waals surface area (Å²) < 4.78 is 58.5. The average molecular weight is 320 g/mol. The van der Waals surface area contributed by atoms with Gasteiger partial charge >= 0.3 is 12.1 Å². The van der Waals surface area contributed by atoms with Crippen molar-refractivity contribution in [2.75, 3.05) is 25.1 Å². The van der Waals surface area contributed by atoms with Crippen LogP contribution in [0.3, 0.4) is 0 Å². The SMILES string of the molecule is CS(=O)(=O)CCC(N)C(=O)N(CC(=O)O)CC(F)(F)F. The van der Waals surface area contributed by atoms with Crippen molar-refractivity contribution < 1.29 is 36.3 Å². The first-order valence-corrected chi connectivity index (χ1v) is 7.38. The van der Waals surface area contributed by atoms with Gasteiger partial charge in [-0.05, 0) is 6.42 Å². The van der Waals surface area contributed by atoms with E-state index in [4.69, 9.17) is 10.8 Å². The van der Waals surface area contributed by atoms with Crippen LogP contribution in [0.5, 0.6) is 0 Å². The third-order valence-corrected chi connectivity index (χ3v) is 3.10. The Morgan fingerprint density at radius 1 is 1.35 bits per heavy atom. The van der Waals surface area contributed by atoms with E-state index >= 15 is 0 Å². The molecule has 0 heterocycles. The molecule has 0 aliphatic carbocycles. The molecule has 0 aliphatic rings. The number of rotatable bonds is 7. The Hall–Kier alpha value is -1.36. The van der Waals surface area contributed by atoms with Crippen molar-refractivity contribution in [3.63, 3.8) is 0 Å². The summed E-state index contributed by atoms with van der Waals surface area (Å²) in [5.74, 6) is -3.36. The van der Waals surface area contributed by atoms with Gasteiger partial charge in [0.1, 0.15) is 22.9 Å². The van der Waals surface area contributed by atoms with E-state index in [1.54, 1.807) is 0 Å². The number of amides is 1. The Morgan fingerprint density at radius 3 is 2.20 bits per heavy atom. The minimum atomic E-state index is -4.78. The third-order valence-electron chi connectivity index (χ3n) is 2.12. The second-order valence-electron chi connectivity index (χ2n) is 4.23. The molecule has 118 valence electrons. The first-order chi connectivity index (χ1) is 8.82. The van der Waals surface area contributed by atoms with Gasteiger partial charge in [0.05, 0.1) is 11.8 Å². The highest BCUT2D eigenvalue weighted by Gasteiger charge is 2.35. The van der Waals surface area contributed by atoms with Crippen molar-refractivity contribution in [1.29, 1.82) is 0 Å². The zero-order valence-electron chi connectivity index (χ0n) is 10.6. The smallest absolute Gasteiger partial charge is 0.406 e. The number of aliphatic carboxylic acids is 1. The van der Waals surface area contributed by atoms with Crippen LogP contribution >= 0.6 is 0 Å². The number of carbonyl (C=O) groups is 2. The van der Waals surface area contributed by atoms with Crippen molar-refractivity contribution in [3.8, 4) is 0 Å². The Kier molecular flexibility index (Phi) is 6.41. The molecule has 1 amide bonds. The Morgan fingerprint density at radius 2 is 1.85 bits per heavy atom. The van der Waals surface area contributed by atoms with Gasteiger partial charge in [0, 0.05) is 6.26 Å². The third kappa shape index (κ3) is 8.69. The number of hydrogen-bond donors (Lipinski definition) is 2. The molecule has 7 nitrogen and oxygen atoms in total. The lowest BCUT2D eigenvalue weighted by atomic mass is 10.2. The highest BCUT2D eigenvalue weighted by molar-refractivity contribution is 7.90. The van der Waals surface area contributed by atoms with Gasteiger partial charge in [-0.1, -0.05) is 0 Å². The quantitative estimate of drug-likeness (QED) is 0.635. The maximum absolute atomic E-state index is 12.2. The van der Waals surface area contributed by atoms with Gasteiger partial charge in [-0.25, -0.2) is 8.42 Å². The van der Waals surface area contributed by atoms with Crippen molar-refractivity contribution in [2.24, 2.45) is 5.73 Å². The first kappa shape index (κ1) is 18.6. The molecule has 1 atom stereocenters. The Bertz CT molecular complexity index is 463. The van der Waals surface area contributed by atoms with Crippen molar-refractivity contribution in [2.45, 2.75) is 18.6 Å².